The largest absolute Gasteiger partial charge is 0.381 e. The fourth-order valence-electron chi connectivity index (χ4n) is 1.49. The number of ether oxygens (including phenoxy) is 1. The van der Waals surface area contributed by atoms with E-state index in [1.54, 1.807) is 0 Å². The molecule has 4 nitrogen and oxygen atoms in total. The molecule has 120 valence electrons. The molecule has 0 fully saturated rings. The van der Waals surface area contributed by atoms with Crippen LogP contribution in [0.15, 0.2) is 17.0 Å². The Labute approximate surface area is 122 Å². The lowest BCUT2D eigenvalue weighted by Crippen LogP contribution is -2.27. The standard InChI is InChI=1S/C13H18F3NO3S/c1-9(2)8-20-7-3-6-17-21(18,19)11-5-4-10(14)12(15)13(11)16/h4-5,9,17H,3,6-8H2,1-2H3. The summed E-state index contributed by atoms with van der Waals surface area (Å²) in [5, 5.41) is 0. The van der Waals surface area contributed by atoms with Crippen molar-refractivity contribution in [2.75, 3.05) is 19.8 Å². The SMILES string of the molecule is CC(C)COCCCNS(=O)(=O)c1ccc(F)c(F)c1F. The number of halogens is 3. The van der Waals surface area contributed by atoms with Gasteiger partial charge in [0.25, 0.3) is 0 Å². The molecule has 0 bridgehead atoms. The van der Waals surface area contributed by atoms with Gasteiger partial charge in [0.15, 0.2) is 17.5 Å². The van der Waals surface area contributed by atoms with Crippen molar-refractivity contribution in [1.29, 1.82) is 0 Å². The molecule has 1 N–H and O–H groups in total. The zero-order valence-electron chi connectivity index (χ0n) is 11.8. The second-order valence-electron chi connectivity index (χ2n) is 4.89. The monoisotopic (exact) mass is 325 g/mol. The van der Waals surface area contributed by atoms with E-state index >= 15 is 0 Å². The van der Waals surface area contributed by atoms with E-state index in [2.05, 4.69) is 4.72 Å². The zero-order chi connectivity index (χ0) is 16.0. The van der Waals surface area contributed by atoms with Gasteiger partial charge in [-0.2, -0.15) is 0 Å². The van der Waals surface area contributed by atoms with Gasteiger partial charge in [0.1, 0.15) is 4.90 Å². The normalized spacial score (nSPS) is 12.1. The van der Waals surface area contributed by atoms with Crippen LogP contribution in [0.5, 0.6) is 0 Å². The van der Waals surface area contributed by atoms with Gasteiger partial charge in [-0.3, -0.25) is 0 Å². The minimum absolute atomic E-state index is 0.0128. The molecular formula is C13H18F3NO3S. The summed E-state index contributed by atoms with van der Waals surface area (Å²) < 4.78 is 70.1. The summed E-state index contributed by atoms with van der Waals surface area (Å²) in [6.07, 6.45) is 0.386. The average Bonchev–Trinajstić information content (AvgIpc) is 2.39. The first-order valence-corrected chi connectivity index (χ1v) is 7.95. The molecule has 1 aromatic carbocycles. The van der Waals surface area contributed by atoms with Gasteiger partial charge in [-0.1, -0.05) is 13.8 Å². The second-order valence-corrected chi connectivity index (χ2v) is 6.63. The third-order valence-corrected chi connectivity index (χ3v) is 3.98. The second kappa shape index (κ2) is 7.77. The molecule has 0 unspecified atom stereocenters. The lowest BCUT2D eigenvalue weighted by molar-refractivity contribution is 0.108. The highest BCUT2D eigenvalue weighted by Gasteiger charge is 2.23. The summed E-state index contributed by atoms with van der Waals surface area (Å²) in [5.41, 5.74) is 0. The van der Waals surface area contributed by atoms with Crippen LogP contribution < -0.4 is 4.72 Å². The van der Waals surface area contributed by atoms with E-state index in [0.717, 1.165) is 0 Å². The molecule has 21 heavy (non-hydrogen) atoms. The van der Waals surface area contributed by atoms with E-state index in [-0.39, 0.29) is 6.54 Å². The van der Waals surface area contributed by atoms with Crippen molar-refractivity contribution in [3.05, 3.63) is 29.6 Å². The topological polar surface area (TPSA) is 55.4 Å². The highest BCUT2D eigenvalue weighted by Crippen LogP contribution is 2.19. The molecule has 0 aliphatic heterocycles. The van der Waals surface area contributed by atoms with E-state index in [4.69, 9.17) is 4.74 Å². The summed E-state index contributed by atoms with van der Waals surface area (Å²) in [4.78, 5) is -0.913. The van der Waals surface area contributed by atoms with Crippen LogP contribution in [0.4, 0.5) is 13.2 Å². The van der Waals surface area contributed by atoms with Crippen molar-refractivity contribution >= 4 is 10.0 Å². The van der Waals surface area contributed by atoms with E-state index in [1.807, 2.05) is 13.8 Å². The first-order valence-electron chi connectivity index (χ1n) is 6.46. The fraction of sp³-hybridized carbons (Fsp3) is 0.538. The predicted octanol–water partition coefficient (Wildman–Crippen LogP) is 2.44. The third-order valence-electron chi connectivity index (χ3n) is 2.50. The molecule has 0 aliphatic carbocycles. The van der Waals surface area contributed by atoms with Gasteiger partial charge in [-0.25, -0.2) is 26.3 Å². The lowest BCUT2D eigenvalue weighted by atomic mass is 10.2. The Kier molecular flexibility index (Phi) is 6.63. The smallest absolute Gasteiger partial charge is 0.243 e. The molecule has 1 aromatic rings. The van der Waals surface area contributed by atoms with Crippen LogP contribution in [0, 0.1) is 23.4 Å². The molecule has 0 amide bonds. The summed E-state index contributed by atoms with van der Waals surface area (Å²) in [5.74, 6) is -4.59. The average molecular weight is 325 g/mol. The summed E-state index contributed by atoms with van der Waals surface area (Å²) in [6.45, 7) is 4.88. The van der Waals surface area contributed by atoms with Gasteiger partial charge < -0.3 is 4.74 Å². The minimum Gasteiger partial charge on any atom is -0.381 e. The van der Waals surface area contributed by atoms with Crippen LogP contribution >= 0.6 is 0 Å². The van der Waals surface area contributed by atoms with Gasteiger partial charge in [0.05, 0.1) is 0 Å². The van der Waals surface area contributed by atoms with E-state index in [0.29, 0.717) is 37.7 Å². The maximum Gasteiger partial charge on any atom is 0.243 e. The number of rotatable bonds is 8. The van der Waals surface area contributed by atoms with Crippen LogP contribution in [0.2, 0.25) is 0 Å². The molecule has 0 aliphatic rings. The first-order chi connectivity index (χ1) is 9.75. The Morgan fingerprint density at radius 3 is 2.48 bits per heavy atom. The van der Waals surface area contributed by atoms with E-state index in [9.17, 15) is 21.6 Å². The summed E-state index contributed by atoms with van der Waals surface area (Å²) >= 11 is 0. The van der Waals surface area contributed by atoms with Crippen LogP contribution in [-0.4, -0.2) is 28.2 Å². The van der Waals surface area contributed by atoms with Crippen LogP contribution in [0.25, 0.3) is 0 Å². The molecule has 0 spiro atoms. The summed E-state index contributed by atoms with van der Waals surface area (Å²) in [7, 11) is -4.22. The Balaban J connectivity index is 2.57. The zero-order valence-corrected chi connectivity index (χ0v) is 12.6. The number of benzene rings is 1. The highest BCUT2D eigenvalue weighted by molar-refractivity contribution is 7.89. The highest BCUT2D eigenvalue weighted by atomic mass is 32.2. The summed E-state index contributed by atoms with van der Waals surface area (Å²) in [6, 6.07) is 1.25. The Hall–Kier alpha value is -1.12. The molecule has 0 heterocycles. The number of hydrogen-bond acceptors (Lipinski definition) is 3. The van der Waals surface area contributed by atoms with Crippen molar-refractivity contribution in [1.82, 2.24) is 4.72 Å². The molecule has 0 saturated carbocycles. The molecule has 8 heteroatoms. The maximum absolute atomic E-state index is 13.4. The Morgan fingerprint density at radius 1 is 1.19 bits per heavy atom. The van der Waals surface area contributed by atoms with Crippen molar-refractivity contribution in [3.63, 3.8) is 0 Å². The van der Waals surface area contributed by atoms with Crippen LogP contribution in [0.3, 0.4) is 0 Å². The third kappa shape index (κ3) is 5.29. The van der Waals surface area contributed by atoms with E-state index < -0.39 is 32.4 Å². The fourth-order valence-corrected chi connectivity index (χ4v) is 2.63. The Morgan fingerprint density at radius 2 is 1.86 bits per heavy atom. The predicted molar refractivity (Wildman–Crippen MR) is 71.8 cm³/mol. The van der Waals surface area contributed by atoms with Crippen molar-refractivity contribution in [3.8, 4) is 0 Å². The van der Waals surface area contributed by atoms with Crippen LogP contribution in [-0.2, 0) is 14.8 Å². The quantitative estimate of drug-likeness (QED) is 0.590. The van der Waals surface area contributed by atoms with Crippen molar-refractivity contribution in [2.24, 2.45) is 5.92 Å². The number of hydrogen-bond donors (Lipinski definition) is 1. The van der Waals surface area contributed by atoms with Gasteiger partial charge in [0, 0.05) is 19.8 Å². The van der Waals surface area contributed by atoms with Gasteiger partial charge >= 0.3 is 0 Å². The first kappa shape index (κ1) is 17.9. The molecule has 0 atom stereocenters. The van der Waals surface area contributed by atoms with Crippen molar-refractivity contribution in [2.45, 2.75) is 25.2 Å². The van der Waals surface area contributed by atoms with Gasteiger partial charge in [0.2, 0.25) is 10.0 Å². The van der Waals surface area contributed by atoms with Crippen molar-refractivity contribution < 1.29 is 26.3 Å². The number of nitrogens with one attached hydrogen (secondary N) is 1. The maximum atomic E-state index is 13.4. The number of sulfonamides is 1. The molecule has 1 rings (SSSR count). The Bertz CT molecular complexity index is 576. The van der Waals surface area contributed by atoms with Gasteiger partial charge in [-0.15, -0.1) is 0 Å². The van der Waals surface area contributed by atoms with Gasteiger partial charge in [-0.05, 0) is 24.5 Å². The van der Waals surface area contributed by atoms with Crippen LogP contribution in [0.1, 0.15) is 20.3 Å². The molecule has 0 saturated heterocycles. The minimum atomic E-state index is -4.22. The molecule has 0 aromatic heterocycles. The lowest BCUT2D eigenvalue weighted by Gasteiger charge is -2.09. The molecule has 0 radical (unpaired) electrons. The molecular weight excluding hydrogens is 307 g/mol. The van der Waals surface area contributed by atoms with E-state index in [1.165, 1.54) is 0 Å².